The largest absolute Gasteiger partial charge is 0.372 e. The van der Waals surface area contributed by atoms with Crippen LogP contribution in [0.2, 0.25) is 0 Å². The molecule has 2 atom stereocenters. The van der Waals surface area contributed by atoms with Crippen molar-refractivity contribution in [1.29, 1.82) is 0 Å². The average Bonchev–Trinajstić information content (AvgIpc) is 3.00. The summed E-state index contributed by atoms with van der Waals surface area (Å²) in [4.78, 5) is 12.8. The molecule has 0 amide bonds. The molecular formula is C40H62N4. The predicted octanol–water partition coefficient (Wildman–Crippen LogP) is 10.3. The first-order valence-corrected chi connectivity index (χ1v) is 17.5. The Labute approximate surface area is 271 Å². The van der Waals surface area contributed by atoms with E-state index in [0.29, 0.717) is 17.9 Å². The third-order valence-electron chi connectivity index (χ3n) is 10.2. The summed E-state index contributed by atoms with van der Waals surface area (Å²) in [5, 5.41) is 0. The molecule has 0 radical (unpaired) electrons. The number of aliphatic imine (C=N–C) groups is 1. The summed E-state index contributed by atoms with van der Waals surface area (Å²) in [5.41, 5.74) is 9.89. The Bertz CT molecular complexity index is 1220. The van der Waals surface area contributed by atoms with Crippen molar-refractivity contribution in [2.45, 2.75) is 113 Å². The number of allylic oxidation sites excluding steroid dienone is 9. The molecule has 0 aromatic heterocycles. The van der Waals surface area contributed by atoms with Crippen molar-refractivity contribution in [1.82, 2.24) is 14.7 Å². The monoisotopic (exact) mass is 598 g/mol. The lowest BCUT2D eigenvalue weighted by atomic mass is 9.88. The van der Waals surface area contributed by atoms with Crippen molar-refractivity contribution >= 4 is 5.71 Å². The van der Waals surface area contributed by atoms with Gasteiger partial charge in [-0.25, -0.2) is 0 Å². The van der Waals surface area contributed by atoms with E-state index in [9.17, 15) is 0 Å². The molecule has 3 aliphatic rings. The zero-order valence-corrected chi connectivity index (χ0v) is 29.6. The SMILES string of the molecule is C=C1C=CC(C(=C/C(C)=C2CCC2)/N=C(/C=C\C(=C/C)N2CCC(N(CC)CC)CC2)C(C)CC)=CN1/C=C(/C)C(C)CC. The standard InChI is InChI=1S/C40H62N4/c1-11-30(6)33(9)28-44-29-36(20-19-34(44)10)40(27-32(8)35-17-16-18-35)41-39(31(7)12-2)22-21-37(13-3)43-25-23-38(24-26-43)42(14-4)15-5/h13,19-22,27-31,38H,10-12,14-18,23-26H2,1-9H3/b22-21-,33-28-,37-13+,40-27-,41-39-. The first-order chi connectivity index (χ1) is 21.1. The van der Waals surface area contributed by atoms with Crippen LogP contribution >= 0.6 is 0 Å². The fourth-order valence-electron chi connectivity index (χ4n) is 6.17. The fraction of sp³-hybridized carbons (Fsp3) is 0.575. The number of rotatable bonds is 14. The van der Waals surface area contributed by atoms with E-state index in [0.717, 1.165) is 61.7 Å². The highest BCUT2D eigenvalue weighted by Crippen LogP contribution is 2.32. The molecule has 0 spiro atoms. The summed E-state index contributed by atoms with van der Waals surface area (Å²) in [7, 11) is 0. The van der Waals surface area contributed by atoms with E-state index < -0.39 is 0 Å². The topological polar surface area (TPSA) is 22.1 Å². The molecule has 1 saturated heterocycles. The van der Waals surface area contributed by atoms with Gasteiger partial charge in [0.2, 0.25) is 0 Å². The molecular weight excluding hydrogens is 536 g/mol. The van der Waals surface area contributed by atoms with Crippen molar-refractivity contribution in [3.8, 4) is 0 Å². The molecule has 2 fully saturated rings. The molecule has 4 nitrogen and oxygen atoms in total. The second-order valence-electron chi connectivity index (χ2n) is 13.0. The van der Waals surface area contributed by atoms with Crippen LogP contribution < -0.4 is 0 Å². The van der Waals surface area contributed by atoms with Gasteiger partial charge >= 0.3 is 0 Å². The van der Waals surface area contributed by atoms with E-state index in [1.165, 1.54) is 48.9 Å². The van der Waals surface area contributed by atoms with Gasteiger partial charge in [0.25, 0.3) is 0 Å². The van der Waals surface area contributed by atoms with Gasteiger partial charge in [-0.2, -0.15) is 0 Å². The Morgan fingerprint density at radius 1 is 1.00 bits per heavy atom. The van der Waals surface area contributed by atoms with Crippen LogP contribution in [0.5, 0.6) is 0 Å². The van der Waals surface area contributed by atoms with E-state index in [2.05, 4.69) is 132 Å². The first-order valence-electron chi connectivity index (χ1n) is 17.5. The zero-order valence-electron chi connectivity index (χ0n) is 29.6. The van der Waals surface area contributed by atoms with Gasteiger partial charge in [0.15, 0.2) is 0 Å². The highest BCUT2D eigenvalue weighted by molar-refractivity contribution is 5.98. The van der Waals surface area contributed by atoms with Crippen molar-refractivity contribution in [3.63, 3.8) is 0 Å². The minimum Gasteiger partial charge on any atom is -0.372 e. The van der Waals surface area contributed by atoms with Crippen LogP contribution in [0.1, 0.15) is 107 Å². The summed E-state index contributed by atoms with van der Waals surface area (Å²) in [6.45, 7) is 29.2. The van der Waals surface area contributed by atoms with Crippen molar-refractivity contribution < 1.29 is 0 Å². The van der Waals surface area contributed by atoms with Crippen LogP contribution in [0.15, 0.2) is 99.8 Å². The summed E-state index contributed by atoms with van der Waals surface area (Å²) in [6, 6.07) is 0.706. The lowest BCUT2D eigenvalue weighted by Gasteiger charge is -2.39. The van der Waals surface area contributed by atoms with Crippen molar-refractivity contribution in [2.24, 2.45) is 16.8 Å². The molecule has 0 aromatic rings. The fourth-order valence-corrected chi connectivity index (χ4v) is 6.17. The Morgan fingerprint density at radius 2 is 1.66 bits per heavy atom. The highest BCUT2D eigenvalue weighted by Gasteiger charge is 2.23. The molecule has 0 aromatic carbocycles. The number of piperidine rings is 1. The van der Waals surface area contributed by atoms with Gasteiger partial charge in [0.05, 0.1) is 5.70 Å². The summed E-state index contributed by atoms with van der Waals surface area (Å²) in [6.07, 6.45) is 26.3. The molecule has 2 aliphatic heterocycles. The van der Waals surface area contributed by atoms with E-state index >= 15 is 0 Å². The smallest absolute Gasteiger partial charge is 0.0722 e. The van der Waals surface area contributed by atoms with E-state index in [1.807, 2.05) is 0 Å². The van der Waals surface area contributed by atoms with E-state index in [1.54, 1.807) is 5.57 Å². The summed E-state index contributed by atoms with van der Waals surface area (Å²) < 4.78 is 0. The summed E-state index contributed by atoms with van der Waals surface area (Å²) in [5.74, 6) is 0.889. The second-order valence-corrected chi connectivity index (χ2v) is 13.0. The molecule has 4 heteroatoms. The van der Waals surface area contributed by atoms with Crippen molar-refractivity contribution in [2.75, 3.05) is 26.2 Å². The zero-order chi connectivity index (χ0) is 32.2. The maximum Gasteiger partial charge on any atom is 0.0722 e. The third-order valence-corrected chi connectivity index (χ3v) is 10.2. The molecule has 0 N–H and O–H groups in total. The predicted molar refractivity (Wildman–Crippen MR) is 193 cm³/mol. The van der Waals surface area contributed by atoms with Gasteiger partial charge < -0.3 is 14.7 Å². The second kappa shape index (κ2) is 17.6. The minimum absolute atomic E-state index is 0.351. The van der Waals surface area contributed by atoms with Gasteiger partial charge in [-0.05, 0) is 127 Å². The molecule has 1 saturated carbocycles. The van der Waals surface area contributed by atoms with Gasteiger partial charge in [-0.1, -0.05) is 65.3 Å². The van der Waals surface area contributed by atoms with Crippen LogP contribution in [0.25, 0.3) is 0 Å². The normalized spacial score (nSPS) is 20.9. The maximum atomic E-state index is 5.46. The molecule has 242 valence electrons. The molecule has 2 heterocycles. The number of hydrogen-bond acceptors (Lipinski definition) is 4. The Morgan fingerprint density at radius 3 is 2.20 bits per heavy atom. The number of nitrogens with zero attached hydrogens (tertiary/aromatic N) is 4. The quantitative estimate of drug-likeness (QED) is 0.147. The lowest BCUT2D eigenvalue weighted by molar-refractivity contribution is 0.136. The number of hydrogen-bond donors (Lipinski definition) is 0. The van der Waals surface area contributed by atoms with Crippen LogP contribution in [-0.4, -0.2) is 52.6 Å². The number of likely N-dealkylation sites (tertiary alicyclic amines) is 1. The van der Waals surface area contributed by atoms with Crippen LogP contribution in [0.3, 0.4) is 0 Å². The molecule has 0 bridgehead atoms. The molecule has 2 unspecified atom stereocenters. The maximum absolute atomic E-state index is 5.46. The van der Waals surface area contributed by atoms with E-state index in [-0.39, 0.29) is 0 Å². The van der Waals surface area contributed by atoms with Gasteiger partial charge in [-0.3, -0.25) is 4.99 Å². The average molecular weight is 599 g/mol. The molecule has 1 aliphatic carbocycles. The summed E-state index contributed by atoms with van der Waals surface area (Å²) >= 11 is 0. The molecule has 3 rings (SSSR count). The Hall–Kier alpha value is -2.85. The van der Waals surface area contributed by atoms with E-state index in [4.69, 9.17) is 4.99 Å². The first kappa shape index (κ1) is 35.6. The van der Waals surface area contributed by atoms with Gasteiger partial charge in [-0.15, -0.1) is 0 Å². The van der Waals surface area contributed by atoms with Crippen molar-refractivity contribution in [3.05, 3.63) is 94.8 Å². The highest BCUT2D eigenvalue weighted by atomic mass is 15.2. The van der Waals surface area contributed by atoms with Gasteiger partial charge in [0, 0.05) is 54.2 Å². The van der Waals surface area contributed by atoms with Crippen LogP contribution in [0.4, 0.5) is 0 Å². The third kappa shape index (κ3) is 9.57. The minimum atomic E-state index is 0.351. The van der Waals surface area contributed by atoms with Crippen LogP contribution in [0, 0.1) is 11.8 Å². The Kier molecular flexibility index (Phi) is 14.2. The molecule has 44 heavy (non-hydrogen) atoms. The van der Waals surface area contributed by atoms with Crippen LogP contribution in [-0.2, 0) is 0 Å². The lowest BCUT2D eigenvalue weighted by Crippen LogP contribution is -2.44. The Balaban J connectivity index is 1.96. The van der Waals surface area contributed by atoms with Gasteiger partial charge in [0.1, 0.15) is 0 Å².